The molecule has 6 rings (SSSR count). The van der Waals surface area contributed by atoms with E-state index in [1.54, 1.807) is 6.07 Å². The Balaban J connectivity index is 0.000000830. The highest BCUT2D eigenvalue weighted by Crippen LogP contribution is 2.40. The summed E-state index contributed by atoms with van der Waals surface area (Å²) in [5.41, 5.74) is 7.78. The number of nitrogen functional groups attached to an aromatic ring is 1. The minimum absolute atomic E-state index is 0.125. The van der Waals surface area contributed by atoms with Crippen LogP contribution in [0.5, 0.6) is 0 Å². The second kappa shape index (κ2) is 12.9. The quantitative estimate of drug-likeness (QED) is 0.335. The molecule has 4 N–H and O–H groups in total. The SMILES string of the molecule is CN1CCN(C2CCC(n3cc(-c4ccc(-c5c(F)cccc5F)c(F)c4)c4c(N)ncnc43)CC2)CC1.NS(=O)[O-]. The molecular weight excluding hydrogens is 567 g/mol. The molecule has 2 aromatic carbocycles. The number of hydrogen-bond acceptors (Lipinski definition) is 7. The summed E-state index contributed by atoms with van der Waals surface area (Å²) in [6, 6.07) is 8.73. The Kier molecular flexibility index (Phi) is 9.23. The average Bonchev–Trinajstić information content (AvgIpc) is 3.35. The Labute approximate surface area is 244 Å². The maximum atomic E-state index is 15.3. The van der Waals surface area contributed by atoms with E-state index in [1.807, 2.05) is 6.20 Å². The lowest BCUT2D eigenvalue weighted by molar-refractivity contribution is 0.0828. The Bertz CT molecular complexity index is 1560. The van der Waals surface area contributed by atoms with Crippen LogP contribution in [-0.2, 0) is 11.3 Å². The highest BCUT2D eigenvalue weighted by atomic mass is 32.2. The molecular formula is C29H33F3N7O2S-. The summed E-state index contributed by atoms with van der Waals surface area (Å²) in [6.07, 6.45) is 7.70. The van der Waals surface area contributed by atoms with Crippen LogP contribution in [0.15, 0.2) is 48.9 Å². The van der Waals surface area contributed by atoms with Crippen LogP contribution in [0.4, 0.5) is 19.0 Å². The van der Waals surface area contributed by atoms with E-state index in [4.69, 9.17) is 14.5 Å². The molecule has 2 aromatic heterocycles. The zero-order valence-electron chi connectivity index (χ0n) is 23.2. The summed E-state index contributed by atoms with van der Waals surface area (Å²) in [7, 11) is 2.17. The van der Waals surface area contributed by atoms with Gasteiger partial charge >= 0.3 is 0 Å². The van der Waals surface area contributed by atoms with Gasteiger partial charge in [0, 0.05) is 66.9 Å². The van der Waals surface area contributed by atoms with Crippen molar-refractivity contribution < 1.29 is 21.9 Å². The lowest BCUT2D eigenvalue weighted by Crippen LogP contribution is -2.49. The lowest BCUT2D eigenvalue weighted by Gasteiger charge is -2.41. The van der Waals surface area contributed by atoms with Gasteiger partial charge in [-0.05, 0) is 56.5 Å². The summed E-state index contributed by atoms with van der Waals surface area (Å²) < 4.78 is 63.6. The summed E-state index contributed by atoms with van der Waals surface area (Å²) in [6.45, 7) is 4.45. The zero-order chi connectivity index (χ0) is 30.0. The van der Waals surface area contributed by atoms with E-state index in [9.17, 15) is 8.78 Å². The number of nitrogens with two attached hydrogens (primary N) is 2. The second-order valence-electron chi connectivity index (χ2n) is 10.8. The molecule has 0 radical (unpaired) electrons. The second-order valence-corrected chi connectivity index (χ2v) is 11.3. The van der Waals surface area contributed by atoms with Gasteiger partial charge in [0.2, 0.25) is 0 Å². The Morgan fingerprint density at radius 1 is 0.905 bits per heavy atom. The van der Waals surface area contributed by atoms with Crippen molar-refractivity contribution in [2.75, 3.05) is 39.0 Å². The fraction of sp³-hybridized carbons (Fsp3) is 0.379. The van der Waals surface area contributed by atoms with Gasteiger partial charge in [0.05, 0.1) is 10.9 Å². The van der Waals surface area contributed by atoms with Crippen molar-refractivity contribution >= 4 is 28.1 Å². The van der Waals surface area contributed by atoms with Crippen LogP contribution in [0.25, 0.3) is 33.3 Å². The standard InChI is InChI=1S/C29H31F3N6.H3NO2S/c1-36-11-13-37(14-12-36)19-6-8-20(9-7-19)38-16-22(27-28(33)34-17-35-29(27)38)18-5-10-21(25(32)15-18)26-23(30)3-2-4-24(26)31;1-4(2)3/h2-5,10,15-17,19-20H,6-9,11-14H2,1H3,(H2,33,34,35);1H2,(H,2,3)/p-1. The van der Waals surface area contributed by atoms with Gasteiger partial charge in [0.15, 0.2) is 0 Å². The number of rotatable bonds is 4. The number of anilines is 1. The van der Waals surface area contributed by atoms with Crippen molar-refractivity contribution in [3.05, 3.63) is 66.4 Å². The van der Waals surface area contributed by atoms with Crippen molar-refractivity contribution in [3.8, 4) is 22.3 Å². The molecule has 1 aliphatic carbocycles. The topological polar surface area (TPSA) is 129 Å². The molecule has 13 heteroatoms. The van der Waals surface area contributed by atoms with Crippen LogP contribution >= 0.6 is 0 Å². The van der Waals surface area contributed by atoms with Gasteiger partial charge in [-0.1, -0.05) is 18.2 Å². The van der Waals surface area contributed by atoms with Crippen LogP contribution in [0.1, 0.15) is 31.7 Å². The van der Waals surface area contributed by atoms with Gasteiger partial charge in [-0.25, -0.2) is 23.1 Å². The minimum Gasteiger partial charge on any atom is -0.760 e. The number of fused-ring (bicyclic) bond motifs is 1. The smallest absolute Gasteiger partial charge is 0.146 e. The molecule has 0 spiro atoms. The number of piperazine rings is 1. The van der Waals surface area contributed by atoms with Gasteiger partial charge in [0.25, 0.3) is 0 Å². The summed E-state index contributed by atoms with van der Waals surface area (Å²) in [4.78, 5) is 13.7. The molecule has 4 aromatic rings. The molecule has 1 saturated heterocycles. The first kappa shape index (κ1) is 30.1. The predicted octanol–water partition coefficient (Wildman–Crippen LogP) is 4.24. The normalized spacial score (nSPS) is 20.7. The van der Waals surface area contributed by atoms with Gasteiger partial charge in [0.1, 0.15) is 35.2 Å². The maximum Gasteiger partial charge on any atom is 0.146 e. The van der Waals surface area contributed by atoms with E-state index in [0.717, 1.165) is 69.6 Å². The molecule has 9 nitrogen and oxygen atoms in total. The molecule has 224 valence electrons. The predicted molar refractivity (Wildman–Crippen MR) is 156 cm³/mol. The van der Waals surface area contributed by atoms with Crippen molar-refractivity contribution in [2.45, 2.75) is 37.8 Å². The zero-order valence-corrected chi connectivity index (χ0v) is 24.0. The molecule has 2 fully saturated rings. The van der Waals surface area contributed by atoms with E-state index in [1.165, 1.54) is 24.5 Å². The van der Waals surface area contributed by atoms with Crippen LogP contribution in [0.3, 0.4) is 0 Å². The highest BCUT2D eigenvalue weighted by Gasteiger charge is 2.30. The number of likely N-dealkylation sites (N-methyl/N-ethyl adjacent to an activating group) is 1. The Morgan fingerprint density at radius 3 is 2.14 bits per heavy atom. The molecule has 0 amide bonds. The fourth-order valence-electron chi connectivity index (χ4n) is 6.13. The lowest BCUT2D eigenvalue weighted by atomic mass is 9.89. The van der Waals surface area contributed by atoms with Crippen molar-refractivity contribution in [2.24, 2.45) is 5.14 Å². The first-order valence-corrected chi connectivity index (χ1v) is 14.9. The molecule has 42 heavy (non-hydrogen) atoms. The van der Waals surface area contributed by atoms with Crippen LogP contribution < -0.4 is 10.9 Å². The Hall–Kier alpha value is -3.36. The third-order valence-electron chi connectivity index (χ3n) is 8.26. The molecule has 1 atom stereocenters. The van der Waals surface area contributed by atoms with Gasteiger partial charge in [-0.3, -0.25) is 14.2 Å². The highest BCUT2D eigenvalue weighted by molar-refractivity contribution is 7.76. The molecule has 2 aliphatic rings. The first-order valence-electron chi connectivity index (χ1n) is 13.8. The molecule has 1 aliphatic heterocycles. The van der Waals surface area contributed by atoms with Gasteiger partial charge in [-0.15, -0.1) is 0 Å². The van der Waals surface area contributed by atoms with Crippen LogP contribution in [0.2, 0.25) is 0 Å². The summed E-state index contributed by atoms with van der Waals surface area (Å²) in [5, 5.41) is 4.69. The third-order valence-corrected chi connectivity index (χ3v) is 8.26. The monoisotopic (exact) mass is 600 g/mol. The number of hydrogen-bond donors (Lipinski definition) is 2. The van der Waals surface area contributed by atoms with E-state index in [0.29, 0.717) is 28.4 Å². The Morgan fingerprint density at radius 2 is 1.52 bits per heavy atom. The van der Waals surface area contributed by atoms with E-state index >= 15 is 4.39 Å². The van der Waals surface area contributed by atoms with Gasteiger partial charge < -0.3 is 19.8 Å². The fourth-order valence-corrected chi connectivity index (χ4v) is 6.13. The van der Waals surface area contributed by atoms with Crippen molar-refractivity contribution in [1.29, 1.82) is 0 Å². The summed E-state index contributed by atoms with van der Waals surface area (Å²) in [5.74, 6) is -2.01. The average molecular weight is 601 g/mol. The first-order chi connectivity index (χ1) is 20.1. The summed E-state index contributed by atoms with van der Waals surface area (Å²) >= 11 is -2.36. The van der Waals surface area contributed by atoms with E-state index in [2.05, 4.69) is 36.5 Å². The van der Waals surface area contributed by atoms with Gasteiger partial charge in [-0.2, -0.15) is 0 Å². The maximum absolute atomic E-state index is 15.3. The van der Waals surface area contributed by atoms with Crippen LogP contribution in [-0.4, -0.2) is 72.4 Å². The number of nitrogens with zero attached hydrogens (tertiary/aromatic N) is 5. The largest absolute Gasteiger partial charge is 0.760 e. The number of aromatic nitrogens is 3. The number of halogens is 3. The molecule has 1 unspecified atom stereocenters. The van der Waals surface area contributed by atoms with Crippen molar-refractivity contribution in [1.82, 2.24) is 24.3 Å². The number of benzene rings is 2. The minimum atomic E-state index is -2.36. The van der Waals surface area contributed by atoms with E-state index < -0.39 is 28.7 Å². The van der Waals surface area contributed by atoms with Crippen LogP contribution in [0, 0.1) is 17.5 Å². The molecule has 1 saturated carbocycles. The van der Waals surface area contributed by atoms with E-state index in [-0.39, 0.29) is 17.2 Å². The third kappa shape index (κ3) is 6.35. The van der Waals surface area contributed by atoms with Crippen molar-refractivity contribution in [3.63, 3.8) is 0 Å². The molecule has 0 bridgehead atoms. The molecule has 3 heterocycles.